The number of benzene rings is 1. The average Bonchev–Trinajstić information content (AvgIpc) is 2.93. The van der Waals surface area contributed by atoms with Crippen LogP contribution in [0.15, 0.2) is 47.1 Å². The highest BCUT2D eigenvalue weighted by Crippen LogP contribution is 2.54. The lowest BCUT2D eigenvalue weighted by Gasteiger charge is -2.08. The molecule has 0 amide bonds. The van der Waals surface area contributed by atoms with E-state index in [0.717, 1.165) is 17.2 Å². The second-order valence-corrected chi connectivity index (χ2v) is 4.98. The van der Waals surface area contributed by atoms with Gasteiger partial charge in [-0.2, -0.15) is 0 Å². The van der Waals surface area contributed by atoms with Crippen molar-refractivity contribution in [1.29, 1.82) is 0 Å². The standard InChI is InChI=1S/C14H14ClNO/c15-12-5-2-1-4-9(12)10-8-11(10)14(16)13-6-3-7-17-13/h1-7,10-11,14H,8,16H2/t10-,11+,14+/m0/s1. The number of halogens is 1. The van der Waals surface area contributed by atoms with E-state index in [2.05, 4.69) is 6.07 Å². The lowest BCUT2D eigenvalue weighted by atomic mass is 10.0. The Bertz CT molecular complexity index is 509. The molecule has 1 fully saturated rings. The van der Waals surface area contributed by atoms with Crippen LogP contribution in [0.2, 0.25) is 5.02 Å². The predicted molar refractivity (Wildman–Crippen MR) is 67.9 cm³/mol. The first-order valence-electron chi connectivity index (χ1n) is 5.81. The first-order chi connectivity index (χ1) is 8.27. The molecule has 1 aliphatic rings. The van der Waals surface area contributed by atoms with Gasteiger partial charge in [0.25, 0.3) is 0 Å². The summed E-state index contributed by atoms with van der Waals surface area (Å²) in [5, 5.41) is 0.839. The zero-order valence-corrected chi connectivity index (χ0v) is 10.1. The summed E-state index contributed by atoms with van der Waals surface area (Å²) in [4.78, 5) is 0. The molecule has 0 radical (unpaired) electrons. The summed E-state index contributed by atoms with van der Waals surface area (Å²) in [6.45, 7) is 0. The SMILES string of the molecule is N[C@@H](c1ccco1)[C@@H]1C[C@H]1c1ccccc1Cl. The van der Waals surface area contributed by atoms with Gasteiger partial charge in [0.2, 0.25) is 0 Å². The van der Waals surface area contributed by atoms with Crippen molar-refractivity contribution < 1.29 is 4.42 Å². The summed E-state index contributed by atoms with van der Waals surface area (Å²) >= 11 is 6.19. The Morgan fingerprint density at radius 2 is 2.06 bits per heavy atom. The van der Waals surface area contributed by atoms with Crippen LogP contribution >= 0.6 is 11.6 Å². The van der Waals surface area contributed by atoms with Gasteiger partial charge in [0.1, 0.15) is 5.76 Å². The number of nitrogens with two attached hydrogens (primary N) is 1. The maximum absolute atomic E-state index is 6.19. The van der Waals surface area contributed by atoms with Crippen molar-refractivity contribution in [2.45, 2.75) is 18.4 Å². The van der Waals surface area contributed by atoms with Crippen LogP contribution in [0.5, 0.6) is 0 Å². The Hall–Kier alpha value is -1.25. The van der Waals surface area contributed by atoms with Crippen molar-refractivity contribution in [3.63, 3.8) is 0 Å². The molecule has 2 nitrogen and oxygen atoms in total. The summed E-state index contributed by atoms with van der Waals surface area (Å²) in [6, 6.07) is 11.8. The molecule has 0 aliphatic heterocycles. The Morgan fingerprint density at radius 3 is 2.76 bits per heavy atom. The average molecular weight is 248 g/mol. The molecule has 17 heavy (non-hydrogen) atoms. The third kappa shape index (κ3) is 1.99. The van der Waals surface area contributed by atoms with Crippen molar-refractivity contribution in [1.82, 2.24) is 0 Å². The third-order valence-electron chi connectivity index (χ3n) is 3.48. The van der Waals surface area contributed by atoms with Gasteiger partial charge in [0.05, 0.1) is 12.3 Å². The molecule has 0 saturated heterocycles. The minimum atomic E-state index is -0.0220. The fourth-order valence-electron chi connectivity index (χ4n) is 2.44. The Balaban J connectivity index is 1.77. The molecule has 1 aromatic heterocycles. The van der Waals surface area contributed by atoms with E-state index in [1.54, 1.807) is 6.26 Å². The smallest absolute Gasteiger partial charge is 0.120 e. The molecule has 1 aromatic carbocycles. The number of hydrogen-bond acceptors (Lipinski definition) is 2. The summed E-state index contributed by atoms with van der Waals surface area (Å²) in [6.07, 6.45) is 2.76. The molecule has 0 spiro atoms. The van der Waals surface area contributed by atoms with Crippen molar-refractivity contribution in [3.05, 3.63) is 59.0 Å². The van der Waals surface area contributed by atoms with Gasteiger partial charge in [-0.3, -0.25) is 0 Å². The zero-order chi connectivity index (χ0) is 11.8. The van der Waals surface area contributed by atoms with Crippen molar-refractivity contribution in [2.75, 3.05) is 0 Å². The maximum Gasteiger partial charge on any atom is 0.120 e. The van der Waals surface area contributed by atoms with Crippen LogP contribution in [-0.2, 0) is 0 Å². The fraction of sp³-hybridized carbons (Fsp3) is 0.286. The van der Waals surface area contributed by atoms with E-state index < -0.39 is 0 Å². The monoisotopic (exact) mass is 247 g/mol. The van der Waals surface area contributed by atoms with Crippen LogP contribution in [0.3, 0.4) is 0 Å². The predicted octanol–water partition coefficient (Wildman–Crippen LogP) is 3.74. The second-order valence-electron chi connectivity index (χ2n) is 4.57. The van der Waals surface area contributed by atoms with Crippen molar-refractivity contribution >= 4 is 11.6 Å². The molecular formula is C14H14ClNO. The first-order valence-corrected chi connectivity index (χ1v) is 6.18. The van der Waals surface area contributed by atoms with E-state index in [1.807, 2.05) is 30.3 Å². The fourth-order valence-corrected chi connectivity index (χ4v) is 2.71. The maximum atomic E-state index is 6.19. The topological polar surface area (TPSA) is 39.2 Å². The minimum absolute atomic E-state index is 0.0220. The van der Waals surface area contributed by atoms with E-state index in [1.165, 1.54) is 5.56 Å². The molecule has 88 valence electrons. The zero-order valence-electron chi connectivity index (χ0n) is 9.34. The van der Waals surface area contributed by atoms with Crippen LogP contribution in [0, 0.1) is 5.92 Å². The van der Waals surface area contributed by atoms with Crippen LogP contribution in [0.1, 0.15) is 29.7 Å². The minimum Gasteiger partial charge on any atom is -0.468 e. The van der Waals surface area contributed by atoms with E-state index in [9.17, 15) is 0 Å². The molecule has 3 rings (SSSR count). The van der Waals surface area contributed by atoms with Crippen LogP contribution < -0.4 is 5.73 Å². The van der Waals surface area contributed by atoms with Crippen LogP contribution in [0.4, 0.5) is 0 Å². The quantitative estimate of drug-likeness (QED) is 0.898. The van der Waals surface area contributed by atoms with Gasteiger partial charge in [-0.15, -0.1) is 0 Å². The number of rotatable bonds is 3. The number of hydrogen-bond donors (Lipinski definition) is 1. The van der Waals surface area contributed by atoms with E-state index in [4.69, 9.17) is 21.8 Å². The number of furan rings is 1. The molecule has 2 N–H and O–H groups in total. The Labute approximate surface area is 105 Å². The van der Waals surface area contributed by atoms with Gasteiger partial charge in [0.15, 0.2) is 0 Å². The van der Waals surface area contributed by atoms with Crippen LogP contribution in [0.25, 0.3) is 0 Å². The molecule has 1 saturated carbocycles. The highest BCUT2D eigenvalue weighted by molar-refractivity contribution is 6.31. The molecule has 2 aromatic rings. The van der Waals surface area contributed by atoms with E-state index >= 15 is 0 Å². The molecular weight excluding hydrogens is 234 g/mol. The van der Waals surface area contributed by atoms with Crippen molar-refractivity contribution in [3.8, 4) is 0 Å². The van der Waals surface area contributed by atoms with Gasteiger partial charge in [-0.25, -0.2) is 0 Å². The normalized spacial score (nSPS) is 24.6. The lowest BCUT2D eigenvalue weighted by molar-refractivity contribution is 0.439. The first kappa shape index (κ1) is 10.9. The van der Waals surface area contributed by atoms with Gasteiger partial charge < -0.3 is 10.2 Å². The molecule has 3 heteroatoms. The molecule has 1 heterocycles. The summed E-state index contributed by atoms with van der Waals surface area (Å²) < 4.78 is 5.35. The molecule has 0 unspecified atom stereocenters. The van der Waals surface area contributed by atoms with Crippen LogP contribution in [-0.4, -0.2) is 0 Å². The van der Waals surface area contributed by atoms with E-state index in [0.29, 0.717) is 11.8 Å². The third-order valence-corrected chi connectivity index (χ3v) is 3.82. The molecule has 1 aliphatic carbocycles. The van der Waals surface area contributed by atoms with E-state index in [-0.39, 0.29) is 6.04 Å². The van der Waals surface area contributed by atoms with Gasteiger partial charge >= 0.3 is 0 Å². The molecule has 0 bridgehead atoms. The van der Waals surface area contributed by atoms with Gasteiger partial charge in [-0.05, 0) is 42.0 Å². The Morgan fingerprint density at radius 1 is 1.24 bits per heavy atom. The second kappa shape index (κ2) is 4.21. The summed E-state index contributed by atoms with van der Waals surface area (Å²) in [5.41, 5.74) is 7.40. The molecule has 3 atom stereocenters. The Kier molecular flexibility index (Phi) is 2.69. The van der Waals surface area contributed by atoms with Crippen molar-refractivity contribution in [2.24, 2.45) is 11.7 Å². The lowest BCUT2D eigenvalue weighted by Crippen LogP contribution is -2.12. The summed E-state index contributed by atoms with van der Waals surface area (Å²) in [7, 11) is 0. The highest BCUT2D eigenvalue weighted by atomic mass is 35.5. The van der Waals surface area contributed by atoms with Gasteiger partial charge in [-0.1, -0.05) is 29.8 Å². The summed E-state index contributed by atoms with van der Waals surface area (Å²) in [5.74, 6) is 1.79. The highest BCUT2D eigenvalue weighted by Gasteiger charge is 2.44. The largest absolute Gasteiger partial charge is 0.468 e. The van der Waals surface area contributed by atoms with Gasteiger partial charge in [0, 0.05) is 5.02 Å².